The van der Waals surface area contributed by atoms with Gasteiger partial charge in [0.1, 0.15) is 0 Å². The molecular weight excluding hydrogens is 427 g/mol. The first-order valence-corrected chi connectivity index (χ1v) is 11.5. The summed E-state index contributed by atoms with van der Waals surface area (Å²) in [5, 5.41) is 1.06. The highest BCUT2D eigenvalue weighted by Gasteiger charge is 2.32. The van der Waals surface area contributed by atoms with Gasteiger partial charge in [-0.25, -0.2) is 8.42 Å². The standard InChI is InChI=1S/C22H22F3N3O2S/c23-22(24,25)20-8-1-4-17(14-20)16-31(29,30)28-12-10-27(11-13-28)15-19-6-2-5-18-7-3-9-26-21(18)19/h1-9,14H,10-13,15-16H2. The van der Waals surface area contributed by atoms with Gasteiger partial charge in [0, 0.05) is 44.3 Å². The van der Waals surface area contributed by atoms with E-state index in [1.54, 1.807) is 6.20 Å². The zero-order chi connectivity index (χ0) is 22.1. The minimum absolute atomic E-state index is 0.138. The van der Waals surface area contributed by atoms with Gasteiger partial charge in [-0.3, -0.25) is 9.88 Å². The normalized spacial score (nSPS) is 16.6. The summed E-state index contributed by atoms with van der Waals surface area (Å²) in [7, 11) is -3.70. The number of pyridine rings is 1. The summed E-state index contributed by atoms with van der Waals surface area (Å²) in [4.78, 5) is 6.63. The quantitative estimate of drug-likeness (QED) is 0.593. The maximum Gasteiger partial charge on any atom is 0.416 e. The third-order valence-corrected chi connectivity index (χ3v) is 7.29. The van der Waals surface area contributed by atoms with Gasteiger partial charge >= 0.3 is 6.18 Å². The van der Waals surface area contributed by atoms with Crippen molar-refractivity contribution in [3.8, 4) is 0 Å². The molecule has 5 nitrogen and oxygen atoms in total. The SMILES string of the molecule is O=S(=O)(Cc1cccc(C(F)(F)F)c1)N1CCN(Cc2cccc3cccnc23)CC1. The average molecular weight is 449 g/mol. The monoisotopic (exact) mass is 449 g/mol. The molecule has 164 valence electrons. The molecule has 1 aromatic heterocycles. The fourth-order valence-corrected chi connectivity index (χ4v) is 5.34. The molecule has 0 N–H and O–H groups in total. The van der Waals surface area contributed by atoms with E-state index in [4.69, 9.17) is 0 Å². The van der Waals surface area contributed by atoms with Gasteiger partial charge in [0.25, 0.3) is 0 Å². The highest BCUT2D eigenvalue weighted by atomic mass is 32.2. The predicted molar refractivity (Wildman–Crippen MR) is 113 cm³/mol. The van der Waals surface area contributed by atoms with E-state index in [0.717, 1.165) is 28.6 Å². The van der Waals surface area contributed by atoms with Crippen LogP contribution in [0.4, 0.5) is 13.2 Å². The molecule has 0 unspecified atom stereocenters. The van der Waals surface area contributed by atoms with E-state index in [0.29, 0.717) is 32.7 Å². The molecule has 1 fully saturated rings. The zero-order valence-corrected chi connectivity index (χ0v) is 17.5. The number of fused-ring (bicyclic) bond motifs is 1. The van der Waals surface area contributed by atoms with Crippen LogP contribution in [0.1, 0.15) is 16.7 Å². The third-order valence-electron chi connectivity index (χ3n) is 5.44. The lowest BCUT2D eigenvalue weighted by molar-refractivity contribution is -0.137. The molecule has 4 rings (SSSR count). The van der Waals surface area contributed by atoms with Crippen molar-refractivity contribution in [3.63, 3.8) is 0 Å². The summed E-state index contributed by atoms with van der Waals surface area (Å²) >= 11 is 0. The molecule has 3 aromatic rings. The summed E-state index contributed by atoms with van der Waals surface area (Å²) in [5.74, 6) is -0.440. The maximum absolute atomic E-state index is 12.9. The van der Waals surface area contributed by atoms with Crippen LogP contribution in [0.5, 0.6) is 0 Å². The molecule has 2 heterocycles. The Hall–Kier alpha value is -2.49. The van der Waals surface area contributed by atoms with Crippen LogP contribution in [-0.2, 0) is 28.5 Å². The second-order valence-electron chi connectivity index (χ2n) is 7.62. The summed E-state index contributed by atoms with van der Waals surface area (Å²) in [6.45, 7) is 2.37. The van der Waals surface area contributed by atoms with E-state index in [9.17, 15) is 21.6 Å². The fourth-order valence-electron chi connectivity index (χ4n) is 3.84. The minimum atomic E-state index is -4.50. The van der Waals surface area contributed by atoms with Gasteiger partial charge in [0.2, 0.25) is 10.0 Å². The van der Waals surface area contributed by atoms with E-state index < -0.39 is 27.5 Å². The van der Waals surface area contributed by atoms with E-state index in [-0.39, 0.29) is 5.56 Å². The summed E-state index contributed by atoms with van der Waals surface area (Å²) in [6, 6.07) is 14.4. The summed E-state index contributed by atoms with van der Waals surface area (Å²) in [5.41, 5.74) is 1.32. The molecule has 0 radical (unpaired) electrons. The highest BCUT2D eigenvalue weighted by Crippen LogP contribution is 2.30. The van der Waals surface area contributed by atoms with Crippen molar-refractivity contribution in [2.24, 2.45) is 0 Å². The molecule has 0 atom stereocenters. The van der Waals surface area contributed by atoms with E-state index in [2.05, 4.69) is 9.88 Å². The number of rotatable bonds is 5. The second kappa shape index (κ2) is 8.57. The Morgan fingerprint density at radius 1 is 0.935 bits per heavy atom. The van der Waals surface area contributed by atoms with Crippen molar-refractivity contribution in [2.75, 3.05) is 26.2 Å². The number of benzene rings is 2. The first kappa shape index (κ1) is 21.7. The van der Waals surface area contributed by atoms with Gasteiger partial charge in [-0.1, -0.05) is 42.5 Å². The molecule has 31 heavy (non-hydrogen) atoms. The Kier molecular flexibility index (Phi) is 6.00. The number of para-hydroxylation sites is 1. The molecule has 1 saturated heterocycles. The number of aromatic nitrogens is 1. The Labute approximate surface area is 179 Å². The van der Waals surface area contributed by atoms with Crippen molar-refractivity contribution >= 4 is 20.9 Å². The van der Waals surface area contributed by atoms with Crippen LogP contribution in [-0.4, -0.2) is 48.8 Å². The molecular formula is C22H22F3N3O2S. The van der Waals surface area contributed by atoms with Crippen LogP contribution in [0.25, 0.3) is 10.9 Å². The molecule has 1 aliphatic heterocycles. The van der Waals surface area contributed by atoms with Gasteiger partial charge in [-0.15, -0.1) is 0 Å². The largest absolute Gasteiger partial charge is 0.416 e. The molecule has 9 heteroatoms. The zero-order valence-electron chi connectivity index (χ0n) is 16.7. The maximum atomic E-state index is 12.9. The molecule has 0 saturated carbocycles. The van der Waals surface area contributed by atoms with Gasteiger partial charge in [-0.2, -0.15) is 17.5 Å². The van der Waals surface area contributed by atoms with Gasteiger partial charge < -0.3 is 0 Å². The number of alkyl halides is 3. The van der Waals surface area contributed by atoms with Crippen LogP contribution >= 0.6 is 0 Å². The van der Waals surface area contributed by atoms with E-state index in [1.807, 2.05) is 30.3 Å². The minimum Gasteiger partial charge on any atom is -0.296 e. The first-order valence-electron chi connectivity index (χ1n) is 9.91. The van der Waals surface area contributed by atoms with Crippen LogP contribution in [0, 0.1) is 0 Å². The molecule has 2 aromatic carbocycles. The Morgan fingerprint density at radius 2 is 1.65 bits per heavy atom. The van der Waals surface area contributed by atoms with Crippen molar-refractivity contribution in [2.45, 2.75) is 18.5 Å². The number of sulfonamides is 1. The van der Waals surface area contributed by atoms with Crippen molar-refractivity contribution < 1.29 is 21.6 Å². The second-order valence-corrected chi connectivity index (χ2v) is 9.59. The topological polar surface area (TPSA) is 53.5 Å². The lowest BCUT2D eigenvalue weighted by Gasteiger charge is -2.34. The third kappa shape index (κ3) is 5.06. The predicted octanol–water partition coefficient (Wildman–Crippen LogP) is 3.90. The Balaban J connectivity index is 1.40. The first-order chi connectivity index (χ1) is 14.7. The molecule has 0 bridgehead atoms. The Bertz CT molecular complexity index is 1170. The van der Waals surface area contributed by atoms with Crippen molar-refractivity contribution in [3.05, 3.63) is 77.5 Å². The van der Waals surface area contributed by atoms with Crippen LogP contribution in [0.2, 0.25) is 0 Å². The molecule has 0 spiro atoms. The molecule has 0 amide bonds. The van der Waals surface area contributed by atoms with Gasteiger partial charge in [0.05, 0.1) is 16.8 Å². The average Bonchev–Trinajstić information content (AvgIpc) is 2.74. The number of nitrogens with zero attached hydrogens (tertiary/aromatic N) is 3. The van der Waals surface area contributed by atoms with Crippen LogP contribution in [0.3, 0.4) is 0 Å². The highest BCUT2D eigenvalue weighted by molar-refractivity contribution is 7.88. The number of halogens is 3. The fraction of sp³-hybridized carbons (Fsp3) is 0.318. The van der Waals surface area contributed by atoms with E-state index >= 15 is 0 Å². The lowest BCUT2D eigenvalue weighted by atomic mass is 10.1. The number of piperazine rings is 1. The summed E-state index contributed by atoms with van der Waals surface area (Å²) in [6.07, 6.45) is -2.74. The smallest absolute Gasteiger partial charge is 0.296 e. The van der Waals surface area contributed by atoms with Crippen molar-refractivity contribution in [1.82, 2.24) is 14.2 Å². The van der Waals surface area contributed by atoms with Crippen LogP contribution < -0.4 is 0 Å². The Morgan fingerprint density at radius 3 is 2.39 bits per heavy atom. The van der Waals surface area contributed by atoms with E-state index in [1.165, 1.54) is 16.4 Å². The summed E-state index contributed by atoms with van der Waals surface area (Å²) < 4.78 is 65.6. The van der Waals surface area contributed by atoms with Gasteiger partial charge in [-0.05, 0) is 23.3 Å². The number of hydrogen-bond donors (Lipinski definition) is 0. The molecule has 1 aliphatic rings. The van der Waals surface area contributed by atoms with Crippen molar-refractivity contribution in [1.29, 1.82) is 0 Å². The number of hydrogen-bond acceptors (Lipinski definition) is 4. The molecule has 0 aliphatic carbocycles. The lowest BCUT2D eigenvalue weighted by Crippen LogP contribution is -2.48. The van der Waals surface area contributed by atoms with Crippen LogP contribution in [0.15, 0.2) is 60.8 Å². The van der Waals surface area contributed by atoms with Gasteiger partial charge in [0.15, 0.2) is 0 Å².